The number of halogens is 2. The summed E-state index contributed by atoms with van der Waals surface area (Å²) in [6.07, 6.45) is 0.426. The molecule has 1 aliphatic heterocycles. The van der Waals surface area contributed by atoms with Crippen molar-refractivity contribution in [1.29, 1.82) is 0 Å². The maximum absolute atomic E-state index is 12.7. The average molecular weight is 373 g/mol. The Morgan fingerprint density at radius 1 is 1.39 bits per heavy atom. The molecular formula is C16H18Cl2N2O2S. The van der Waals surface area contributed by atoms with E-state index in [4.69, 9.17) is 23.2 Å². The van der Waals surface area contributed by atoms with Gasteiger partial charge in [0, 0.05) is 11.4 Å². The Morgan fingerprint density at radius 2 is 2.09 bits per heavy atom. The third-order valence-electron chi connectivity index (χ3n) is 4.46. The normalized spacial score (nSPS) is 28.5. The van der Waals surface area contributed by atoms with E-state index in [0.717, 1.165) is 11.3 Å². The van der Waals surface area contributed by atoms with E-state index in [1.54, 1.807) is 23.6 Å². The molecule has 0 radical (unpaired) electrons. The number of thioether (sulfide) groups is 1. The van der Waals surface area contributed by atoms with Crippen molar-refractivity contribution >= 4 is 52.5 Å². The second-order valence-electron chi connectivity index (χ2n) is 6.36. The molecule has 2 atom stereocenters. The highest BCUT2D eigenvalue weighted by Gasteiger charge is 2.69. The van der Waals surface area contributed by atoms with Gasteiger partial charge in [-0.05, 0) is 38.0 Å². The van der Waals surface area contributed by atoms with Crippen LogP contribution in [0.5, 0.6) is 0 Å². The number of alkyl halides is 2. The van der Waals surface area contributed by atoms with Gasteiger partial charge in [-0.15, -0.1) is 35.0 Å². The molecule has 1 saturated heterocycles. The first-order chi connectivity index (χ1) is 10.7. The second kappa shape index (κ2) is 5.87. The molecule has 2 amide bonds. The maximum atomic E-state index is 12.7. The highest BCUT2D eigenvalue weighted by atomic mass is 35.5. The summed E-state index contributed by atoms with van der Waals surface area (Å²) in [5, 5.41) is 2.89. The van der Waals surface area contributed by atoms with Gasteiger partial charge in [-0.2, -0.15) is 0 Å². The van der Waals surface area contributed by atoms with Crippen molar-refractivity contribution < 1.29 is 9.59 Å². The summed E-state index contributed by atoms with van der Waals surface area (Å²) in [5.74, 6) is 0.756. The van der Waals surface area contributed by atoms with E-state index in [1.807, 2.05) is 31.2 Å². The van der Waals surface area contributed by atoms with Gasteiger partial charge in [0.15, 0.2) is 0 Å². The van der Waals surface area contributed by atoms with Crippen LogP contribution in [0.15, 0.2) is 24.3 Å². The molecule has 4 nitrogen and oxygen atoms in total. The van der Waals surface area contributed by atoms with Crippen LogP contribution in [0.2, 0.25) is 0 Å². The third-order valence-corrected chi connectivity index (χ3v) is 6.57. The molecule has 3 rings (SSSR count). The zero-order chi connectivity index (χ0) is 16.8. The minimum Gasteiger partial charge on any atom is -0.324 e. The molecule has 1 aromatic rings. The van der Waals surface area contributed by atoms with Crippen molar-refractivity contribution in [2.45, 2.75) is 30.6 Å². The Balaban J connectivity index is 1.72. The first-order valence-corrected chi connectivity index (χ1v) is 9.30. The van der Waals surface area contributed by atoms with Gasteiger partial charge in [-0.3, -0.25) is 9.59 Å². The Morgan fingerprint density at radius 3 is 2.70 bits per heavy atom. The van der Waals surface area contributed by atoms with Crippen LogP contribution in [0.25, 0.3) is 0 Å². The molecule has 0 aromatic heterocycles. The summed E-state index contributed by atoms with van der Waals surface area (Å²) in [6.45, 7) is 3.72. The lowest BCUT2D eigenvalue weighted by molar-refractivity contribution is -0.140. The van der Waals surface area contributed by atoms with Crippen LogP contribution >= 0.6 is 35.0 Å². The van der Waals surface area contributed by atoms with Crippen LogP contribution in [0, 0.1) is 12.3 Å². The summed E-state index contributed by atoms with van der Waals surface area (Å²) >= 11 is 13.8. The van der Waals surface area contributed by atoms with Crippen molar-refractivity contribution in [3.05, 3.63) is 29.8 Å². The van der Waals surface area contributed by atoms with Gasteiger partial charge in [-0.1, -0.05) is 12.1 Å². The molecule has 2 unspecified atom stereocenters. The van der Waals surface area contributed by atoms with Crippen molar-refractivity contribution in [1.82, 2.24) is 4.90 Å². The summed E-state index contributed by atoms with van der Waals surface area (Å²) in [6, 6.07) is 7.10. The lowest BCUT2D eigenvalue weighted by Gasteiger charge is -2.26. The Bertz CT molecular complexity index is 667. The first-order valence-electron chi connectivity index (χ1n) is 7.39. The van der Waals surface area contributed by atoms with Crippen molar-refractivity contribution in [2.75, 3.05) is 16.9 Å². The van der Waals surface area contributed by atoms with Gasteiger partial charge in [-0.25, -0.2) is 0 Å². The van der Waals surface area contributed by atoms with E-state index in [1.165, 1.54) is 0 Å². The molecule has 1 saturated carbocycles. The molecule has 0 spiro atoms. The number of nitrogens with zero attached hydrogens (tertiary/aromatic N) is 1. The smallest absolute Gasteiger partial charge is 0.248 e. The standard InChI is InChI=1S/C16H18Cl2N2O2S/c1-10-4-3-5-11(6-10)19-13(21)12-7-23-9-20(12)14(22)15(2)8-16(15,17)18/h3-6,12H,7-9H2,1-2H3,(H,19,21). The lowest BCUT2D eigenvalue weighted by Crippen LogP contribution is -2.47. The first kappa shape index (κ1) is 16.9. The van der Waals surface area contributed by atoms with Gasteiger partial charge < -0.3 is 10.2 Å². The molecule has 1 heterocycles. The minimum atomic E-state index is -1.02. The number of amides is 2. The summed E-state index contributed by atoms with van der Waals surface area (Å²) in [5.41, 5.74) is 1.01. The monoisotopic (exact) mass is 372 g/mol. The van der Waals surface area contributed by atoms with Crippen molar-refractivity contribution in [2.24, 2.45) is 5.41 Å². The van der Waals surface area contributed by atoms with E-state index in [2.05, 4.69) is 5.32 Å². The van der Waals surface area contributed by atoms with E-state index < -0.39 is 15.8 Å². The predicted octanol–water partition coefficient (Wildman–Crippen LogP) is 3.42. The molecule has 1 aliphatic carbocycles. The molecule has 7 heteroatoms. The number of nitrogens with one attached hydrogen (secondary N) is 1. The highest BCUT2D eigenvalue weighted by molar-refractivity contribution is 7.99. The molecule has 2 aliphatic rings. The molecule has 2 fully saturated rings. The SMILES string of the molecule is Cc1cccc(NC(=O)C2CSCN2C(=O)C2(C)CC2(Cl)Cl)c1. The number of hydrogen-bond donors (Lipinski definition) is 1. The number of benzene rings is 1. The van der Waals surface area contributed by atoms with Gasteiger partial charge >= 0.3 is 0 Å². The quantitative estimate of drug-likeness (QED) is 0.826. The van der Waals surface area contributed by atoms with E-state index in [-0.39, 0.29) is 11.8 Å². The molecule has 23 heavy (non-hydrogen) atoms. The molecule has 1 aromatic carbocycles. The fourth-order valence-electron chi connectivity index (χ4n) is 2.76. The molecular weight excluding hydrogens is 355 g/mol. The zero-order valence-electron chi connectivity index (χ0n) is 12.9. The number of hydrogen-bond acceptors (Lipinski definition) is 3. The molecule has 1 N–H and O–H groups in total. The Labute approximate surface area is 149 Å². The minimum absolute atomic E-state index is 0.142. The van der Waals surface area contributed by atoms with E-state index in [9.17, 15) is 9.59 Å². The summed E-state index contributed by atoms with van der Waals surface area (Å²) in [7, 11) is 0. The van der Waals surface area contributed by atoms with Crippen LogP contribution in [0.1, 0.15) is 18.9 Å². The van der Waals surface area contributed by atoms with Crippen LogP contribution in [0.3, 0.4) is 0 Å². The predicted molar refractivity (Wildman–Crippen MR) is 94.9 cm³/mol. The fraction of sp³-hybridized carbons (Fsp3) is 0.500. The Kier molecular flexibility index (Phi) is 4.32. The number of rotatable bonds is 3. The second-order valence-corrected chi connectivity index (χ2v) is 8.85. The number of carbonyl (C=O) groups is 2. The van der Waals surface area contributed by atoms with Crippen LogP contribution < -0.4 is 5.32 Å². The fourth-order valence-corrected chi connectivity index (χ4v) is 4.61. The van der Waals surface area contributed by atoms with E-state index >= 15 is 0 Å². The summed E-state index contributed by atoms with van der Waals surface area (Å²) in [4.78, 5) is 26.9. The van der Waals surface area contributed by atoms with Gasteiger partial charge in [0.2, 0.25) is 11.8 Å². The van der Waals surface area contributed by atoms with Gasteiger partial charge in [0.05, 0.1) is 11.3 Å². The highest BCUT2D eigenvalue weighted by Crippen LogP contribution is 2.64. The lowest BCUT2D eigenvalue weighted by atomic mass is 10.1. The van der Waals surface area contributed by atoms with Gasteiger partial charge in [0.1, 0.15) is 10.4 Å². The topological polar surface area (TPSA) is 49.4 Å². The molecule has 0 bridgehead atoms. The van der Waals surface area contributed by atoms with Gasteiger partial charge in [0.25, 0.3) is 0 Å². The number of aryl methyl sites for hydroxylation is 1. The average Bonchev–Trinajstić information content (AvgIpc) is 2.86. The van der Waals surface area contributed by atoms with Crippen molar-refractivity contribution in [3.8, 4) is 0 Å². The maximum Gasteiger partial charge on any atom is 0.248 e. The third kappa shape index (κ3) is 3.06. The summed E-state index contributed by atoms with van der Waals surface area (Å²) < 4.78 is -1.02. The zero-order valence-corrected chi connectivity index (χ0v) is 15.3. The largest absolute Gasteiger partial charge is 0.324 e. The van der Waals surface area contributed by atoms with Crippen LogP contribution in [-0.2, 0) is 9.59 Å². The van der Waals surface area contributed by atoms with Crippen LogP contribution in [-0.4, -0.2) is 38.7 Å². The Hall–Kier alpha value is -0.910. The van der Waals surface area contributed by atoms with Crippen LogP contribution in [0.4, 0.5) is 5.69 Å². The number of anilines is 1. The molecule has 124 valence electrons. The van der Waals surface area contributed by atoms with Crippen molar-refractivity contribution in [3.63, 3.8) is 0 Å². The van der Waals surface area contributed by atoms with E-state index in [0.29, 0.717) is 18.1 Å². The number of carbonyl (C=O) groups excluding carboxylic acids is 2.